The van der Waals surface area contributed by atoms with Crippen LogP contribution in [0, 0.1) is 11.8 Å². The first-order chi connectivity index (χ1) is 9.61. The van der Waals surface area contributed by atoms with E-state index in [2.05, 4.69) is 12.2 Å². The molecule has 114 valence electrons. The Bertz CT molecular complexity index is 351. The van der Waals surface area contributed by atoms with Gasteiger partial charge in [-0.3, -0.25) is 9.59 Å². The maximum atomic E-state index is 12.1. The van der Waals surface area contributed by atoms with Crippen LogP contribution >= 0.6 is 0 Å². The highest BCUT2D eigenvalue weighted by molar-refractivity contribution is 5.89. The predicted octanol–water partition coefficient (Wildman–Crippen LogP) is 0.912. The zero-order valence-electron chi connectivity index (χ0n) is 12.3. The number of likely N-dealkylation sites (tertiary alicyclic amines) is 1. The molecule has 1 atom stereocenters. The Hall–Kier alpha value is -1.10. The van der Waals surface area contributed by atoms with Crippen molar-refractivity contribution in [3.8, 4) is 0 Å². The quantitative estimate of drug-likeness (QED) is 0.737. The minimum Gasteiger partial charge on any atom is -0.396 e. The van der Waals surface area contributed by atoms with E-state index in [0.29, 0.717) is 32.0 Å². The van der Waals surface area contributed by atoms with E-state index in [1.54, 1.807) is 0 Å². The molecule has 0 spiro atoms. The first-order valence-corrected chi connectivity index (χ1v) is 7.80. The highest BCUT2D eigenvalue weighted by Gasteiger charge is 2.38. The summed E-state index contributed by atoms with van der Waals surface area (Å²) in [6.45, 7) is 3.40. The monoisotopic (exact) mass is 282 g/mol. The van der Waals surface area contributed by atoms with E-state index in [-0.39, 0.29) is 24.3 Å². The van der Waals surface area contributed by atoms with Crippen molar-refractivity contribution < 1.29 is 14.7 Å². The molecule has 1 unspecified atom stereocenters. The first-order valence-electron chi connectivity index (χ1n) is 7.80. The molecule has 1 saturated carbocycles. The van der Waals surface area contributed by atoms with Gasteiger partial charge in [0.2, 0.25) is 11.8 Å². The number of aliphatic hydroxyl groups excluding tert-OH is 1. The highest BCUT2D eigenvalue weighted by Crippen LogP contribution is 2.31. The minimum absolute atomic E-state index is 0.0431. The molecule has 5 nitrogen and oxygen atoms in total. The molecule has 0 bridgehead atoms. The van der Waals surface area contributed by atoms with Gasteiger partial charge in [0.05, 0.1) is 5.92 Å². The lowest BCUT2D eigenvalue weighted by atomic mass is 9.87. The number of nitrogens with one attached hydrogen (secondary N) is 1. The summed E-state index contributed by atoms with van der Waals surface area (Å²) in [4.78, 5) is 26.0. The zero-order valence-corrected chi connectivity index (χ0v) is 12.3. The van der Waals surface area contributed by atoms with E-state index in [9.17, 15) is 9.59 Å². The van der Waals surface area contributed by atoms with Crippen molar-refractivity contribution in [1.82, 2.24) is 10.2 Å². The Balaban J connectivity index is 1.82. The SMILES string of the molecule is CC1CCC(N2CC(C(=O)NCCCO)CC2=O)CC1. The van der Waals surface area contributed by atoms with Crippen molar-refractivity contribution in [1.29, 1.82) is 0 Å². The van der Waals surface area contributed by atoms with Gasteiger partial charge in [0.25, 0.3) is 0 Å². The van der Waals surface area contributed by atoms with Crippen LogP contribution in [0.15, 0.2) is 0 Å². The van der Waals surface area contributed by atoms with Crippen molar-refractivity contribution in [2.45, 2.75) is 51.5 Å². The van der Waals surface area contributed by atoms with Gasteiger partial charge >= 0.3 is 0 Å². The fraction of sp³-hybridized carbons (Fsp3) is 0.867. The Morgan fingerprint density at radius 3 is 2.70 bits per heavy atom. The van der Waals surface area contributed by atoms with Gasteiger partial charge in [-0.15, -0.1) is 0 Å². The van der Waals surface area contributed by atoms with E-state index in [1.807, 2.05) is 4.90 Å². The molecule has 0 aromatic rings. The summed E-state index contributed by atoms with van der Waals surface area (Å²) in [5.41, 5.74) is 0. The summed E-state index contributed by atoms with van der Waals surface area (Å²) in [6.07, 6.45) is 5.43. The summed E-state index contributed by atoms with van der Waals surface area (Å²) in [5, 5.41) is 11.5. The molecule has 5 heteroatoms. The van der Waals surface area contributed by atoms with Crippen LogP contribution in [0.2, 0.25) is 0 Å². The average Bonchev–Trinajstić information content (AvgIpc) is 2.82. The van der Waals surface area contributed by atoms with Crippen molar-refractivity contribution in [3.63, 3.8) is 0 Å². The normalized spacial score (nSPS) is 30.6. The third kappa shape index (κ3) is 3.72. The van der Waals surface area contributed by atoms with Crippen LogP contribution in [0.1, 0.15) is 45.4 Å². The zero-order chi connectivity index (χ0) is 14.5. The van der Waals surface area contributed by atoms with Crippen molar-refractivity contribution in [2.75, 3.05) is 19.7 Å². The smallest absolute Gasteiger partial charge is 0.225 e. The predicted molar refractivity (Wildman–Crippen MR) is 76.0 cm³/mol. The van der Waals surface area contributed by atoms with Gasteiger partial charge in [-0.05, 0) is 38.0 Å². The summed E-state index contributed by atoms with van der Waals surface area (Å²) in [6, 6.07) is 0.342. The lowest BCUT2D eigenvalue weighted by molar-refractivity contribution is -0.130. The lowest BCUT2D eigenvalue weighted by Crippen LogP contribution is -2.40. The second-order valence-corrected chi connectivity index (χ2v) is 6.23. The molecule has 1 aliphatic heterocycles. The molecular weight excluding hydrogens is 256 g/mol. The fourth-order valence-electron chi connectivity index (χ4n) is 3.25. The highest BCUT2D eigenvalue weighted by atomic mass is 16.3. The topological polar surface area (TPSA) is 69.6 Å². The first kappa shape index (κ1) is 15.3. The third-order valence-corrected chi connectivity index (χ3v) is 4.59. The standard InChI is InChI=1S/C15H26N2O3/c1-11-3-5-13(6-4-11)17-10-12(9-14(17)19)15(20)16-7-2-8-18/h11-13,18H,2-10H2,1H3,(H,16,20). The Morgan fingerprint density at radius 2 is 2.05 bits per heavy atom. The fourth-order valence-corrected chi connectivity index (χ4v) is 3.25. The summed E-state index contributed by atoms with van der Waals surface area (Å²) in [5.74, 6) is 0.646. The van der Waals surface area contributed by atoms with Crippen LogP contribution in [0.25, 0.3) is 0 Å². The minimum atomic E-state index is -0.208. The van der Waals surface area contributed by atoms with Crippen LogP contribution in [0.4, 0.5) is 0 Å². The molecule has 20 heavy (non-hydrogen) atoms. The number of hydrogen-bond acceptors (Lipinski definition) is 3. The number of rotatable bonds is 5. The molecule has 2 amide bonds. The van der Waals surface area contributed by atoms with Crippen LogP contribution < -0.4 is 5.32 Å². The number of hydrogen-bond donors (Lipinski definition) is 2. The average molecular weight is 282 g/mol. The Morgan fingerprint density at radius 1 is 1.35 bits per heavy atom. The van der Waals surface area contributed by atoms with Gasteiger partial charge < -0.3 is 15.3 Å². The molecule has 2 aliphatic rings. The number of aliphatic hydroxyl groups is 1. The van der Waals surface area contributed by atoms with Gasteiger partial charge in [0.1, 0.15) is 0 Å². The van der Waals surface area contributed by atoms with Gasteiger partial charge in [-0.1, -0.05) is 6.92 Å². The number of carbonyl (C=O) groups excluding carboxylic acids is 2. The summed E-state index contributed by atoms with van der Waals surface area (Å²) in [7, 11) is 0. The second kappa shape index (κ2) is 7.07. The van der Waals surface area contributed by atoms with Crippen LogP contribution in [-0.2, 0) is 9.59 Å². The molecule has 0 aromatic heterocycles. The maximum absolute atomic E-state index is 12.1. The second-order valence-electron chi connectivity index (χ2n) is 6.23. The molecule has 1 heterocycles. The molecule has 2 N–H and O–H groups in total. The van der Waals surface area contributed by atoms with Crippen LogP contribution in [0.3, 0.4) is 0 Å². The van der Waals surface area contributed by atoms with E-state index in [1.165, 1.54) is 12.8 Å². The molecule has 0 radical (unpaired) electrons. The van der Waals surface area contributed by atoms with E-state index < -0.39 is 0 Å². The van der Waals surface area contributed by atoms with Gasteiger partial charge in [0, 0.05) is 32.2 Å². The molecule has 0 aromatic carbocycles. The lowest BCUT2D eigenvalue weighted by Gasteiger charge is -2.33. The van der Waals surface area contributed by atoms with Gasteiger partial charge in [-0.25, -0.2) is 0 Å². The van der Waals surface area contributed by atoms with Gasteiger partial charge in [-0.2, -0.15) is 0 Å². The van der Waals surface area contributed by atoms with Crippen molar-refractivity contribution >= 4 is 11.8 Å². The third-order valence-electron chi connectivity index (χ3n) is 4.59. The molecular formula is C15H26N2O3. The van der Waals surface area contributed by atoms with Crippen LogP contribution in [-0.4, -0.2) is 47.6 Å². The maximum Gasteiger partial charge on any atom is 0.225 e. The van der Waals surface area contributed by atoms with Crippen LogP contribution in [0.5, 0.6) is 0 Å². The molecule has 1 aliphatic carbocycles. The molecule has 2 rings (SSSR count). The Kier molecular flexibility index (Phi) is 5.40. The summed E-state index contributed by atoms with van der Waals surface area (Å²) < 4.78 is 0. The van der Waals surface area contributed by atoms with E-state index in [4.69, 9.17) is 5.11 Å². The van der Waals surface area contributed by atoms with E-state index in [0.717, 1.165) is 18.8 Å². The van der Waals surface area contributed by atoms with Crippen molar-refractivity contribution in [3.05, 3.63) is 0 Å². The van der Waals surface area contributed by atoms with E-state index >= 15 is 0 Å². The van der Waals surface area contributed by atoms with Crippen molar-refractivity contribution in [2.24, 2.45) is 11.8 Å². The van der Waals surface area contributed by atoms with Gasteiger partial charge in [0.15, 0.2) is 0 Å². The summed E-state index contributed by atoms with van der Waals surface area (Å²) >= 11 is 0. The number of nitrogens with zero attached hydrogens (tertiary/aromatic N) is 1. The number of carbonyl (C=O) groups is 2. The molecule has 2 fully saturated rings. The molecule has 1 saturated heterocycles. The number of amides is 2. The largest absolute Gasteiger partial charge is 0.396 e. The Labute approximate surface area is 120 Å².